The Morgan fingerprint density at radius 1 is 0.700 bits per heavy atom. The van der Waals surface area contributed by atoms with Gasteiger partial charge in [-0.2, -0.15) is 0 Å². The summed E-state index contributed by atoms with van der Waals surface area (Å²) >= 11 is 0. The third-order valence-corrected chi connectivity index (χ3v) is 4.57. The SMILES string of the molecule is CNC(=O)c1cccc(CNC(=O)CNC(=O)c2ccc(-c3ccccc3)cc2)c1. The topological polar surface area (TPSA) is 87.3 Å². The zero-order chi connectivity index (χ0) is 21.3. The summed E-state index contributed by atoms with van der Waals surface area (Å²) in [7, 11) is 1.56. The standard InChI is InChI=1S/C24H23N3O3/c1-25-23(29)21-9-5-6-17(14-21)15-26-22(28)16-27-24(30)20-12-10-19(11-13-20)18-7-3-2-4-8-18/h2-14H,15-16H2,1H3,(H,25,29)(H,26,28)(H,27,30). The summed E-state index contributed by atoms with van der Waals surface area (Å²) in [5.74, 6) is -0.810. The van der Waals surface area contributed by atoms with Gasteiger partial charge in [-0.05, 0) is 41.0 Å². The fourth-order valence-electron chi connectivity index (χ4n) is 2.94. The van der Waals surface area contributed by atoms with E-state index >= 15 is 0 Å². The number of amides is 3. The van der Waals surface area contributed by atoms with E-state index in [1.54, 1.807) is 37.4 Å². The number of carbonyl (C=O) groups is 3. The lowest BCUT2D eigenvalue weighted by molar-refractivity contribution is -0.120. The van der Waals surface area contributed by atoms with Crippen molar-refractivity contribution < 1.29 is 14.4 Å². The second-order valence-corrected chi connectivity index (χ2v) is 6.68. The molecule has 3 N–H and O–H groups in total. The molecule has 0 heterocycles. The Bertz CT molecular complexity index is 1030. The zero-order valence-corrected chi connectivity index (χ0v) is 16.6. The smallest absolute Gasteiger partial charge is 0.251 e. The highest BCUT2D eigenvalue weighted by atomic mass is 16.2. The maximum absolute atomic E-state index is 12.3. The average molecular weight is 401 g/mol. The molecule has 0 fully saturated rings. The Labute approximate surface area is 175 Å². The van der Waals surface area contributed by atoms with Crippen molar-refractivity contribution in [1.82, 2.24) is 16.0 Å². The minimum absolute atomic E-state index is 0.131. The summed E-state index contributed by atoms with van der Waals surface area (Å²) in [6.45, 7) is 0.139. The van der Waals surface area contributed by atoms with Gasteiger partial charge in [0.2, 0.25) is 5.91 Å². The third-order valence-electron chi connectivity index (χ3n) is 4.57. The van der Waals surface area contributed by atoms with Gasteiger partial charge in [0.05, 0.1) is 6.54 Å². The molecule has 0 saturated heterocycles. The van der Waals surface area contributed by atoms with Crippen LogP contribution in [0.1, 0.15) is 26.3 Å². The molecule has 3 aromatic carbocycles. The lowest BCUT2D eigenvalue weighted by atomic mass is 10.0. The summed E-state index contributed by atoms with van der Waals surface area (Å²) in [6, 6.07) is 24.1. The maximum Gasteiger partial charge on any atom is 0.251 e. The predicted octanol–water partition coefficient (Wildman–Crippen LogP) is 2.76. The molecule has 0 aliphatic heterocycles. The molecule has 30 heavy (non-hydrogen) atoms. The van der Waals surface area contributed by atoms with E-state index in [1.807, 2.05) is 48.5 Å². The molecule has 3 aromatic rings. The van der Waals surface area contributed by atoms with E-state index < -0.39 is 0 Å². The molecule has 6 nitrogen and oxygen atoms in total. The van der Waals surface area contributed by atoms with Gasteiger partial charge in [-0.25, -0.2) is 0 Å². The van der Waals surface area contributed by atoms with E-state index in [0.717, 1.165) is 16.7 Å². The molecule has 152 valence electrons. The number of hydrogen-bond acceptors (Lipinski definition) is 3. The maximum atomic E-state index is 12.3. The molecule has 0 saturated carbocycles. The van der Waals surface area contributed by atoms with Crippen LogP contribution in [0.25, 0.3) is 11.1 Å². The molecule has 6 heteroatoms. The van der Waals surface area contributed by atoms with Crippen molar-refractivity contribution in [1.29, 1.82) is 0 Å². The highest BCUT2D eigenvalue weighted by Gasteiger charge is 2.09. The Balaban J connectivity index is 1.49. The molecule has 3 amide bonds. The molecule has 0 radical (unpaired) electrons. The largest absolute Gasteiger partial charge is 0.355 e. The lowest BCUT2D eigenvalue weighted by Crippen LogP contribution is -2.36. The number of carbonyl (C=O) groups excluding carboxylic acids is 3. The first kappa shape index (κ1) is 20.8. The number of nitrogens with one attached hydrogen (secondary N) is 3. The highest BCUT2D eigenvalue weighted by molar-refractivity contribution is 5.97. The van der Waals surface area contributed by atoms with Gasteiger partial charge in [0.25, 0.3) is 11.8 Å². The van der Waals surface area contributed by atoms with Crippen LogP contribution in [-0.4, -0.2) is 31.3 Å². The first-order valence-electron chi connectivity index (χ1n) is 9.58. The zero-order valence-electron chi connectivity index (χ0n) is 16.6. The Morgan fingerprint density at radius 3 is 2.10 bits per heavy atom. The van der Waals surface area contributed by atoms with Crippen LogP contribution in [0.4, 0.5) is 0 Å². The molecule has 0 spiro atoms. The van der Waals surface area contributed by atoms with Crippen LogP contribution in [0, 0.1) is 0 Å². The van der Waals surface area contributed by atoms with Crippen molar-refractivity contribution in [3.8, 4) is 11.1 Å². The number of rotatable bonds is 7. The van der Waals surface area contributed by atoms with E-state index in [-0.39, 0.29) is 30.8 Å². The van der Waals surface area contributed by atoms with Gasteiger partial charge < -0.3 is 16.0 Å². The van der Waals surface area contributed by atoms with Gasteiger partial charge in [-0.3, -0.25) is 14.4 Å². The Kier molecular flexibility index (Phi) is 6.95. The minimum atomic E-state index is -0.314. The van der Waals surface area contributed by atoms with Gasteiger partial charge in [-0.15, -0.1) is 0 Å². The third kappa shape index (κ3) is 5.54. The summed E-state index contributed by atoms with van der Waals surface area (Å²) < 4.78 is 0. The summed E-state index contributed by atoms with van der Waals surface area (Å²) in [6.07, 6.45) is 0. The van der Waals surface area contributed by atoms with Gasteiger partial charge >= 0.3 is 0 Å². The van der Waals surface area contributed by atoms with E-state index in [2.05, 4.69) is 16.0 Å². The van der Waals surface area contributed by atoms with Crippen LogP contribution in [0.2, 0.25) is 0 Å². The van der Waals surface area contributed by atoms with Crippen molar-refractivity contribution in [3.63, 3.8) is 0 Å². The van der Waals surface area contributed by atoms with Crippen LogP contribution in [0.15, 0.2) is 78.9 Å². The number of hydrogen-bond donors (Lipinski definition) is 3. The fourth-order valence-corrected chi connectivity index (χ4v) is 2.94. The predicted molar refractivity (Wildman–Crippen MR) is 116 cm³/mol. The molecular weight excluding hydrogens is 378 g/mol. The van der Waals surface area contributed by atoms with Crippen LogP contribution in [0.3, 0.4) is 0 Å². The van der Waals surface area contributed by atoms with Crippen molar-refractivity contribution >= 4 is 17.7 Å². The first-order valence-corrected chi connectivity index (χ1v) is 9.58. The van der Waals surface area contributed by atoms with Gasteiger partial charge in [0.1, 0.15) is 0 Å². The minimum Gasteiger partial charge on any atom is -0.355 e. The van der Waals surface area contributed by atoms with Crippen molar-refractivity contribution in [2.24, 2.45) is 0 Å². The summed E-state index contributed by atoms with van der Waals surface area (Å²) in [5, 5.41) is 7.91. The van der Waals surface area contributed by atoms with E-state index in [0.29, 0.717) is 11.1 Å². The molecule has 0 atom stereocenters. The summed E-state index contributed by atoms with van der Waals surface area (Å²) in [5.41, 5.74) is 3.90. The van der Waals surface area contributed by atoms with Crippen molar-refractivity contribution in [2.75, 3.05) is 13.6 Å². The second kappa shape index (κ2) is 10.0. The fraction of sp³-hybridized carbons (Fsp3) is 0.125. The van der Waals surface area contributed by atoms with Crippen molar-refractivity contribution in [2.45, 2.75) is 6.54 Å². The molecule has 0 aliphatic rings. The molecule has 0 unspecified atom stereocenters. The monoisotopic (exact) mass is 401 g/mol. The lowest BCUT2D eigenvalue weighted by Gasteiger charge is -2.09. The van der Waals surface area contributed by atoms with E-state index in [1.165, 1.54) is 0 Å². The van der Waals surface area contributed by atoms with Crippen molar-refractivity contribution in [3.05, 3.63) is 95.6 Å². The van der Waals surface area contributed by atoms with Crippen LogP contribution in [0.5, 0.6) is 0 Å². The average Bonchev–Trinajstić information content (AvgIpc) is 2.81. The molecule has 0 aliphatic carbocycles. The first-order chi connectivity index (χ1) is 14.6. The number of benzene rings is 3. The molecule has 0 bridgehead atoms. The van der Waals surface area contributed by atoms with Gasteiger partial charge in [0, 0.05) is 24.7 Å². The normalized spacial score (nSPS) is 10.2. The van der Waals surface area contributed by atoms with Crippen LogP contribution >= 0.6 is 0 Å². The van der Waals surface area contributed by atoms with Crippen LogP contribution in [-0.2, 0) is 11.3 Å². The quantitative estimate of drug-likeness (QED) is 0.569. The van der Waals surface area contributed by atoms with E-state index in [9.17, 15) is 14.4 Å². The molecule has 3 rings (SSSR count). The van der Waals surface area contributed by atoms with Crippen LogP contribution < -0.4 is 16.0 Å². The Hall–Kier alpha value is -3.93. The van der Waals surface area contributed by atoms with Gasteiger partial charge in [-0.1, -0.05) is 54.6 Å². The van der Waals surface area contributed by atoms with Gasteiger partial charge in [0.15, 0.2) is 0 Å². The highest BCUT2D eigenvalue weighted by Crippen LogP contribution is 2.19. The molecular formula is C24H23N3O3. The van der Waals surface area contributed by atoms with E-state index in [4.69, 9.17) is 0 Å². The summed E-state index contributed by atoms with van der Waals surface area (Å²) in [4.78, 5) is 36.0. The second-order valence-electron chi connectivity index (χ2n) is 6.68. The Morgan fingerprint density at radius 2 is 1.40 bits per heavy atom. The molecule has 0 aromatic heterocycles.